The summed E-state index contributed by atoms with van der Waals surface area (Å²) in [6.45, 7) is 5.38. The summed E-state index contributed by atoms with van der Waals surface area (Å²) in [4.78, 5) is 13.0. The Morgan fingerprint density at radius 3 is 2.81 bits per heavy atom. The van der Waals surface area contributed by atoms with Crippen LogP contribution in [0.4, 0.5) is 0 Å². The molecule has 0 spiro atoms. The molecule has 5 nitrogen and oxygen atoms in total. The van der Waals surface area contributed by atoms with Gasteiger partial charge in [0.25, 0.3) is 0 Å². The minimum Gasteiger partial charge on any atom is -0.379 e. The zero-order chi connectivity index (χ0) is 12.4. The van der Waals surface area contributed by atoms with Crippen molar-refractivity contribution in [1.29, 1.82) is 5.26 Å². The molecule has 0 heterocycles. The van der Waals surface area contributed by atoms with E-state index in [9.17, 15) is 4.79 Å². The van der Waals surface area contributed by atoms with Gasteiger partial charge in [-0.15, -0.1) is 0 Å². The van der Waals surface area contributed by atoms with Gasteiger partial charge in [0.15, 0.2) is 0 Å². The van der Waals surface area contributed by atoms with Crippen molar-refractivity contribution in [3.63, 3.8) is 0 Å². The Labute approximate surface area is 96.9 Å². The smallest absolute Gasteiger partial charge is 0.248 e. The lowest BCUT2D eigenvalue weighted by atomic mass is 10.4. The number of nitriles is 1. The van der Waals surface area contributed by atoms with E-state index in [1.165, 1.54) is 4.90 Å². The zero-order valence-electron chi connectivity index (χ0n) is 10.2. The molecule has 0 aliphatic heterocycles. The van der Waals surface area contributed by atoms with Gasteiger partial charge in [0, 0.05) is 20.2 Å². The lowest BCUT2D eigenvalue weighted by Crippen LogP contribution is -2.33. The number of hydrogen-bond acceptors (Lipinski definition) is 4. The first kappa shape index (κ1) is 14.9. The average Bonchev–Trinajstić information content (AvgIpc) is 2.30. The number of ether oxygens (including phenoxy) is 2. The van der Waals surface area contributed by atoms with Gasteiger partial charge in [-0.25, -0.2) is 0 Å². The molecule has 1 atom stereocenters. The summed E-state index contributed by atoms with van der Waals surface area (Å²) in [6, 6.07) is 1.99. The third-order valence-electron chi connectivity index (χ3n) is 2.03. The highest BCUT2D eigenvalue weighted by atomic mass is 16.5. The number of nitrogens with zero attached hydrogens (tertiary/aromatic N) is 2. The standard InChI is InChI=1S/C11H20N2O3/c1-4-15-8-10(2)16-9-11(14)13(3)7-5-6-12/h10H,4-5,7-9H2,1-3H3. The normalized spacial score (nSPS) is 11.9. The van der Waals surface area contributed by atoms with Gasteiger partial charge in [-0.05, 0) is 13.8 Å². The zero-order valence-corrected chi connectivity index (χ0v) is 10.2. The molecule has 0 bridgehead atoms. The van der Waals surface area contributed by atoms with Crippen LogP contribution in [0, 0.1) is 11.3 Å². The number of likely N-dealkylation sites (N-methyl/N-ethyl adjacent to an activating group) is 1. The van der Waals surface area contributed by atoms with Gasteiger partial charge in [-0.2, -0.15) is 5.26 Å². The maximum atomic E-state index is 11.5. The van der Waals surface area contributed by atoms with E-state index in [1.807, 2.05) is 19.9 Å². The van der Waals surface area contributed by atoms with Gasteiger partial charge in [0.05, 0.1) is 25.2 Å². The average molecular weight is 228 g/mol. The van der Waals surface area contributed by atoms with Crippen LogP contribution in [0.2, 0.25) is 0 Å². The van der Waals surface area contributed by atoms with Gasteiger partial charge < -0.3 is 14.4 Å². The molecule has 5 heteroatoms. The van der Waals surface area contributed by atoms with Crippen LogP contribution >= 0.6 is 0 Å². The molecule has 0 aromatic carbocycles. The van der Waals surface area contributed by atoms with Crippen molar-refractivity contribution < 1.29 is 14.3 Å². The molecule has 0 saturated heterocycles. The number of amides is 1. The van der Waals surface area contributed by atoms with Crippen molar-refractivity contribution in [3.8, 4) is 6.07 Å². The Kier molecular flexibility index (Phi) is 8.49. The van der Waals surface area contributed by atoms with Crippen LogP contribution in [0.5, 0.6) is 0 Å². The van der Waals surface area contributed by atoms with Crippen LogP contribution in [0.1, 0.15) is 20.3 Å². The van der Waals surface area contributed by atoms with E-state index in [0.29, 0.717) is 26.2 Å². The molecule has 1 unspecified atom stereocenters. The molecule has 0 fully saturated rings. The Morgan fingerprint density at radius 1 is 1.56 bits per heavy atom. The van der Waals surface area contributed by atoms with Crippen molar-refractivity contribution in [3.05, 3.63) is 0 Å². The highest BCUT2D eigenvalue weighted by Crippen LogP contribution is 1.95. The van der Waals surface area contributed by atoms with Crippen LogP contribution in [0.15, 0.2) is 0 Å². The second kappa shape index (κ2) is 9.13. The minimum atomic E-state index is -0.112. The van der Waals surface area contributed by atoms with Crippen LogP contribution in [-0.4, -0.2) is 50.3 Å². The quantitative estimate of drug-likeness (QED) is 0.616. The largest absolute Gasteiger partial charge is 0.379 e. The monoisotopic (exact) mass is 228 g/mol. The summed E-state index contributed by atoms with van der Waals surface area (Å²) in [5.74, 6) is -0.112. The molecule has 16 heavy (non-hydrogen) atoms. The van der Waals surface area contributed by atoms with Gasteiger partial charge >= 0.3 is 0 Å². The third-order valence-corrected chi connectivity index (χ3v) is 2.03. The van der Waals surface area contributed by atoms with Crippen molar-refractivity contribution in [2.45, 2.75) is 26.4 Å². The highest BCUT2D eigenvalue weighted by Gasteiger charge is 2.10. The van der Waals surface area contributed by atoms with E-state index in [4.69, 9.17) is 14.7 Å². The fraction of sp³-hybridized carbons (Fsp3) is 0.818. The lowest BCUT2D eigenvalue weighted by molar-refractivity contribution is -0.137. The first-order chi connectivity index (χ1) is 7.61. The van der Waals surface area contributed by atoms with E-state index >= 15 is 0 Å². The minimum absolute atomic E-state index is 0.0379. The maximum Gasteiger partial charge on any atom is 0.248 e. The summed E-state index contributed by atoms with van der Waals surface area (Å²) in [5, 5.41) is 8.38. The summed E-state index contributed by atoms with van der Waals surface area (Å²) >= 11 is 0. The molecule has 0 N–H and O–H groups in total. The molecule has 92 valence electrons. The second-order valence-electron chi connectivity index (χ2n) is 3.50. The van der Waals surface area contributed by atoms with E-state index in [0.717, 1.165) is 0 Å². The van der Waals surface area contributed by atoms with Crippen LogP contribution in [0.25, 0.3) is 0 Å². The Hall–Kier alpha value is -1.12. The molecule has 0 aliphatic rings. The molecule has 0 aromatic heterocycles. The molecular weight excluding hydrogens is 208 g/mol. The first-order valence-electron chi connectivity index (χ1n) is 5.42. The fourth-order valence-electron chi connectivity index (χ4n) is 0.998. The molecule has 0 aromatic rings. The molecule has 0 rings (SSSR count). The van der Waals surface area contributed by atoms with Gasteiger partial charge in [0.1, 0.15) is 6.61 Å². The number of rotatable bonds is 8. The number of carbonyl (C=O) groups excluding carboxylic acids is 1. The van der Waals surface area contributed by atoms with Crippen LogP contribution < -0.4 is 0 Å². The maximum absolute atomic E-state index is 11.5. The van der Waals surface area contributed by atoms with Crippen molar-refractivity contribution in [2.75, 3.05) is 33.4 Å². The Bertz CT molecular complexity index is 238. The Morgan fingerprint density at radius 2 is 2.25 bits per heavy atom. The lowest BCUT2D eigenvalue weighted by Gasteiger charge is -2.17. The molecule has 0 aliphatic carbocycles. The van der Waals surface area contributed by atoms with Gasteiger partial charge in [0.2, 0.25) is 5.91 Å². The summed E-state index contributed by atoms with van der Waals surface area (Å²) in [7, 11) is 1.66. The van der Waals surface area contributed by atoms with E-state index in [2.05, 4.69) is 0 Å². The number of hydrogen-bond donors (Lipinski definition) is 0. The first-order valence-corrected chi connectivity index (χ1v) is 5.42. The van der Waals surface area contributed by atoms with E-state index < -0.39 is 0 Å². The van der Waals surface area contributed by atoms with Gasteiger partial charge in [-0.3, -0.25) is 4.79 Å². The summed E-state index contributed by atoms with van der Waals surface area (Å²) < 4.78 is 10.5. The van der Waals surface area contributed by atoms with Crippen molar-refractivity contribution in [1.82, 2.24) is 4.90 Å². The SMILES string of the molecule is CCOCC(C)OCC(=O)N(C)CCC#N. The van der Waals surface area contributed by atoms with Crippen LogP contribution in [0.3, 0.4) is 0 Å². The molecule has 1 amide bonds. The van der Waals surface area contributed by atoms with E-state index in [1.54, 1.807) is 7.05 Å². The van der Waals surface area contributed by atoms with Crippen LogP contribution in [-0.2, 0) is 14.3 Å². The summed E-state index contributed by atoms with van der Waals surface area (Å²) in [6.07, 6.45) is 0.254. The van der Waals surface area contributed by atoms with Crippen molar-refractivity contribution in [2.24, 2.45) is 0 Å². The predicted octanol–water partition coefficient (Wildman–Crippen LogP) is 0.800. The van der Waals surface area contributed by atoms with Crippen molar-refractivity contribution >= 4 is 5.91 Å². The predicted molar refractivity (Wildman–Crippen MR) is 59.8 cm³/mol. The third kappa shape index (κ3) is 7.21. The Balaban J connectivity index is 3.67. The second-order valence-corrected chi connectivity index (χ2v) is 3.50. The summed E-state index contributed by atoms with van der Waals surface area (Å²) in [5.41, 5.74) is 0. The molecule has 0 saturated carbocycles. The molecular formula is C11H20N2O3. The number of carbonyl (C=O) groups is 1. The topological polar surface area (TPSA) is 62.6 Å². The highest BCUT2D eigenvalue weighted by molar-refractivity contribution is 5.77. The fourth-order valence-corrected chi connectivity index (χ4v) is 0.998. The molecule has 0 radical (unpaired) electrons. The van der Waals surface area contributed by atoms with Gasteiger partial charge in [-0.1, -0.05) is 0 Å². The van der Waals surface area contributed by atoms with E-state index in [-0.39, 0.29) is 18.6 Å².